The van der Waals surface area contributed by atoms with Gasteiger partial charge in [-0.05, 0) is 23.8 Å². The standard InChI is InChI=1S/C23H20FNO5S/c1-28-14-11-17-23(19(12-14)29-2)22(15-7-3-4-8-16(15)24)20-13-25(17)31(26,27)21-10-6-5-9-18(21)30-20/h3-12,20,22H,13H2,1-2H3/t20-,22+/m1/s1. The van der Waals surface area contributed by atoms with Crippen molar-refractivity contribution in [1.29, 1.82) is 0 Å². The highest BCUT2D eigenvalue weighted by molar-refractivity contribution is 7.93. The third-order valence-corrected chi connectivity index (χ3v) is 7.60. The lowest BCUT2D eigenvalue weighted by atomic mass is 9.82. The maximum atomic E-state index is 15.0. The lowest BCUT2D eigenvalue weighted by Gasteiger charge is -2.39. The number of hydrogen-bond acceptors (Lipinski definition) is 5. The topological polar surface area (TPSA) is 65.1 Å². The molecule has 31 heavy (non-hydrogen) atoms. The Morgan fingerprint density at radius 2 is 1.77 bits per heavy atom. The minimum atomic E-state index is -3.93. The van der Waals surface area contributed by atoms with E-state index in [1.165, 1.54) is 30.7 Å². The summed E-state index contributed by atoms with van der Waals surface area (Å²) in [5.74, 6) is 0.107. The number of anilines is 1. The van der Waals surface area contributed by atoms with Crippen LogP contribution in [-0.4, -0.2) is 35.3 Å². The predicted molar refractivity (Wildman–Crippen MR) is 113 cm³/mol. The van der Waals surface area contributed by atoms with E-state index in [1.807, 2.05) is 0 Å². The summed E-state index contributed by atoms with van der Waals surface area (Å²) in [7, 11) is -0.939. The summed E-state index contributed by atoms with van der Waals surface area (Å²) in [6, 6.07) is 16.3. The molecule has 0 N–H and O–H groups in total. The Kier molecular flexibility index (Phi) is 4.55. The summed E-state index contributed by atoms with van der Waals surface area (Å²) in [6.45, 7) is 0.0271. The second-order valence-corrected chi connectivity index (χ2v) is 9.23. The van der Waals surface area contributed by atoms with Gasteiger partial charge in [0.1, 0.15) is 34.1 Å². The second-order valence-electron chi connectivity index (χ2n) is 7.40. The Labute approximate surface area is 179 Å². The number of rotatable bonds is 3. The number of benzene rings is 3. The fourth-order valence-electron chi connectivity index (χ4n) is 4.40. The minimum Gasteiger partial charge on any atom is -0.497 e. The molecule has 3 aromatic carbocycles. The number of para-hydroxylation sites is 1. The van der Waals surface area contributed by atoms with E-state index in [0.717, 1.165) is 0 Å². The molecule has 2 bridgehead atoms. The van der Waals surface area contributed by atoms with Crippen LogP contribution in [0.4, 0.5) is 10.1 Å². The lowest BCUT2D eigenvalue weighted by molar-refractivity contribution is 0.182. The van der Waals surface area contributed by atoms with E-state index in [-0.39, 0.29) is 17.2 Å². The average molecular weight is 441 g/mol. The minimum absolute atomic E-state index is 0.0271. The number of nitrogens with zero attached hydrogens (tertiary/aromatic N) is 1. The number of halogens is 1. The molecule has 6 nitrogen and oxygen atoms in total. The Morgan fingerprint density at radius 1 is 1.03 bits per heavy atom. The molecule has 2 heterocycles. The lowest BCUT2D eigenvalue weighted by Crippen LogP contribution is -2.45. The molecule has 0 saturated heterocycles. The number of sulfonamides is 1. The van der Waals surface area contributed by atoms with Crippen molar-refractivity contribution in [3.05, 3.63) is 77.6 Å². The summed E-state index contributed by atoms with van der Waals surface area (Å²) >= 11 is 0. The first-order chi connectivity index (χ1) is 15.0. The fourth-order valence-corrected chi connectivity index (χ4v) is 6.02. The Hall–Kier alpha value is -3.26. The van der Waals surface area contributed by atoms with Gasteiger partial charge in [-0.25, -0.2) is 12.8 Å². The zero-order valence-electron chi connectivity index (χ0n) is 16.9. The summed E-state index contributed by atoms with van der Waals surface area (Å²) < 4.78 is 60.7. The van der Waals surface area contributed by atoms with E-state index in [4.69, 9.17) is 14.2 Å². The van der Waals surface area contributed by atoms with Gasteiger partial charge in [0.25, 0.3) is 10.0 Å². The number of fused-ring (bicyclic) bond motifs is 5. The Bertz CT molecular complexity index is 1280. The van der Waals surface area contributed by atoms with Crippen LogP contribution in [0.2, 0.25) is 0 Å². The van der Waals surface area contributed by atoms with Crippen molar-refractivity contribution in [3.63, 3.8) is 0 Å². The second kappa shape index (κ2) is 7.16. The highest BCUT2D eigenvalue weighted by Gasteiger charge is 2.47. The molecule has 2 atom stereocenters. The van der Waals surface area contributed by atoms with Gasteiger partial charge in [0, 0.05) is 17.7 Å². The molecule has 0 radical (unpaired) electrons. The van der Waals surface area contributed by atoms with Crippen LogP contribution in [0.1, 0.15) is 17.0 Å². The van der Waals surface area contributed by atoms with E-state index < -0.39 is 27.9 Å². The molecule has 0 spiro atoms. The molecule has 8 heteroatoms. The van der Waals surface area contributed by atoms with E-state index in [9.17, 15) is 12.8 Å². The zero-order valence-corrected chi connectivity index (χ0v) is 17.7. The highest BCUT2D eigenvalue weighted by Crippen LogP contribution is 2.51. The van der Waals surface area contributed by atoms with Crippen molar-refractivity contribution in [2.45, 2.75) is 16.9 Å². The van der Waals surface area contributed by atoms with Crippen molar-refractivity contribution in [2.75, 3.05) is 25.1 Å². The summed E-state index contributed by atoms with van der Waals surface area (Å²) in [6.07, 6.45) is -0.662. The van der Waals surface area contributed by atoms with Crippen LogP contribution in [0.5, 0.6) is 17.2 Å². The van der Waals surface area contributed by atoms with Crippen LogP contribution in [0.25, 0.3) is 0 Å². The molecule has 0 saturated carbocycles. The number of methoxy groups -OCH3 is 2. The SMILES string of the molecule is COc1cc(OC)c2c(c1)N1C[C@@H](Oc3ccccc3S1(=O)=O)[C@@H]2c1ccccc1F. The maximum Gasteiger partial charge on any atom is 0.268 e. The first-order valence-electron chi connectivity index (χ1n) is 9.74. The average Bonchev–Trinajstić information content (AvgIpc) is 2.87. The normalized spacial score (nSPS) is 20.7. The number of ether oxygens (including phenoxy) is 3. The van der Waals surface area contributed by atoms with Crippen LogP contribution in [0, 0.1) is 5.82 Å². The van der Waals surface area contributed by atoms with Crippen molar-refractivity contribution in [1.82, 2.24) is 0 Å². The third kappa shape index (κ3) is 2.93. The van der Waals surface area contributed by atoms with E-state index >= 15 is 0 Å². The van der Waals surface area contributed by atoms with Crippen molar-refractivity contribution in [3.8, 4) is 17.2 Å². The van der Waals surface area contributed by atoms with Crippen molar-refractivity contribution >= 4 is 15.7 Å². The largest absolute Gasteiger partial charge is 0.497 e. The monoisotopic (exact) mass is 441 g/mol. The summed E-state index contributed by atoms with van der Waals surface area (Å²) in [5, 5.41) is 0. The Balaban J connectivity index is 1.86. The smallest absolute Gasteiger partial charge is 0.268 e. The third-order valence-electron chi connectivity index (χ3n) is 5.78. The zero-order chi connectivity index (χ0) is 21.8. The molecular weight excluding hydrogens is 421 g/mol. The first-order valence-corrected chi connectivity index (χ1v) is 11.2. The summed E-state index contributed by atoms with van der Waals surface area (Å²) in [5.41, 5.74) is 1.34. The van der Waals surface area contributed by atoms with Crippen LogP contribution in [-0.2, 0) is 10.0 Å². The van der Waals surface area contributed by atoms with Gasteiger partial charge in [-0.3, -0.25) is 4.31 Å². The van der Waals surface area contributed by atoms with Crippen LogP contribution < -0.4 is 18.5 Å². The first kappa shape index (κ1) is 19.7. The van der Waals surface area contributed by atoms with Gasteiger partial charge in [0.05, 0.1) is 32.4 Å². The molecule has 0 unspecified atom stereocenters. The van der Waals surface area contributed by atoms with Crippen molar-refractivity contribution in [2.24, 2.45) is 0 Å². The predicted octanol–water partition coefficient (Wildman–Crippen LogP) is 3.94. The van der Waals surface area contributed by atoms with E-state index in [0.29, 0.717) is 28.3 Å². The molecular formula is C23H20FNO5S. The van der Waals surface area contributed by atoms with E-state index in [1.54, 1.807) is 48.5 Å². The van der Waals surface area contributed by atoms with Crippen LogP contribution in [0.15, 0.2) is 65.6 Å². The highest BCUT2D eigenvalue weighted by atomic mass is 32.2. The molecule has 2 aliphatic rings. The van der Waals surface area contributed by atoms with Gasteiger partial charge >= 0.3 is 0 Å². The number of hydrogen-bond donors (Lipinski definition) is 0. The molecule has 0 amide bonds. The quantitative estimate of drug-likeness (QED) is 0.616. The maximum absolute atomic E-state index is 15.0. The fraction of sp³-hybridized carbons (Fsp3) is 0.217. The van der Waals surface area contributed by atoms with Gasteiger partial charge < -0.3 is 14.2 Å². The van der Waals surface area contributed by atoms with Gasteiger partial charge in [0.2, 0.25) is 0 Å². The molecule has 5 rings (SSSR count). The van der Waals surface area contributed by atoms with Gasteiger partial charge in [-0.2, -0.15) is 0 Å². The molecule has 2 aliphatic heterocycles. The van der Waals surface area contributed by atoms with Crippen LogP contribution in [0.3, 0.4) is 0 Å². The van der Waals surface area contributed by atoms with Crippen LogP contribution >= 0.6 is 0 Å². The van der Waals surface area contributed by atoms with Gasteiger partial charge in [-0.15, -0.1) is 0 Å². The molecule has 3 aromatic rings. The Morgan fingerprint density at radius 3 is 2.52 bits per heavy atom. The van der Waals surface area contributed by atoms with Crippen molar-refractivity contribution < 1.29 is 27.0 Å². The summed E-state index contributed by atoms with van der Waals surface area (Å²) in [4.78, 5) is 0.0689. The van der Waals surface area contributed by atoms with Gasteiger partial charge in [-0.1, -0.05) is 30.3 Å². The molecule has 0 aliphatic carbocycles. The van der Waals surface area contributed by atoms with E-state index in [2.05, 4.69) is 0 Å². The molecule has 0 aromatic heterocycles. The molecule has 160 valence electrons. The van der Waals surface area contributed by atoms with Gasteiger partial charge in [0.15, 0.2) is 0 Å². The molecule has 0 fully saturated rings.